The quantitative estimate of drug-likeness (QED) is 0.693. The van der Waals surface area contributed by atoms with E-state index in [-0.39, 0.29) is 0 Å². The Labute approximate surface area is 102 Å². The average molecular weight is 220 g/mol. The Bertz CT molecular complexity index is 645. The lowest BCUT2D eigenvalue weighted by Gasteiger charge is -2.05. The van der Waals surface area contributed by atoms with Crippen molar-refractivity contribution >= 4 is 12.2 Å². The lowest BCUT2D eigenvalue weighted by atomic mass is 10.00. The van der Waals surface area contributed by atoms with Crippen molar-refractivity contribution in [2.24, 2.45) is 0 Å². The Morgan fingerprint density at radius 3 is 2.12 bits per heavy atom. The molecule has 0 aromatic heterocycles. The van der Waals surface area contributed by atoms with Crippen LogP contribution in [0.25, 0.3) is 23.3 Å². The molecule has 0 spiro atoms. The summed E-state index contributed by atoms with van der Waals surface area (Å²) in [6, 6.07) is 15.5. The average Bonchev–Trinajstić information content (AvgIpc) is 2.39. The van der Waals surface area contributed by atoms with Crippen molar-refractivity contribution in [3.8, 4) is 11.1 Å². The van der Waals surface area contributed by atoms with Crippen LogP contribution in [-0.2, 0) is 0 Å². The van der Waals surface area contributed by atoms with Crippen LogP contribution in [0.4, 0.5) is 0 Å². The molecule has 0 heteroatoms. The largest absolute Gasteiger partial charge is 0.0764 e. The van der Waals surface area contributed by atoms with Crippen LogP contribution in [0.5, 0.6) is 0 Å². The Morgan fingerprint density at radius 1 is 0.706 bits per heavy atom. The topological polar surface area (TPSA) is 0 Å². The molecular formula is C17H16. The van der Waals surface area contributed by atoms with Crippen LogP contribution in [0, 0.1) is 6.92 Å². The number of benzene rings is 2. The maximum absolute atomic E-state index is 2.34. The second-order valence-corrected chi connectivity index (χ2v) is 4.70. The minimum Gasteiger partial charge on any atom is -0.0764 e. The fourth-order valence-corrected chi connectivity index (χ4v) is 2.34. The first-order chi connectivity index (χ1) is 8.33. The third-order valence-electron chi connectivity index (χ3n) is 3.37. The zero-order valence-corrected chi connectivity index (χ0v) is 10.1. The first-order valence-electron chi connectivity index (χ1n) is 6.20. The van der Waals surface area contributed by atoms with E-state index in [1.165, 1.54) is 40.0 Å². The maximum atomic E-state index is 2.34. The predicted molar refractivity (Wildman–Crippen MR) is 74.0 cm³/mol. The summed E-state index contributed by atoms with van der Waals surface area (Å²) in [5, 5.41) is 2.77. The van der Waals surface area contributed by atoms with E-state index in [2.05, 4.69) is 61.5 Å². The van der Waals surface area contributed by atoms with E-state index >= 15 is 0 Å². The SMILES string of the molecule is Cc1ccc(-c2ccc3c(c2)=CCCC=3)cc1. The lowest BCUT2D eigenvalue weighted by Crippen LogP contribution is -2.26. The number of hydrogen-bond acceptors (Lipinski definition) is 0. The van der Waals surface area contributed by atoms with Crippen LogP contribution in [0.1, 0.15) is 18.4 Å². The predicted octanol–water partition coefficient (Wildman–Crippen LogP) is 3.02. The number of rotatable bonds is 1. The molecule has 2 aromatic carbocycles. The highest BCUT2D eigenvalue weighted by Gasteiger charge is 1.99. The summed E-state index contributed by atoms with van der Waals surface area (Å²) in [6.45, 7) is 2.12. The van der Waals surface area contributed by atoms with Gasteiger partial charge in [-0.1, -0.05) is 54.1 Å². The molecule has 0 N–H and O–H groups in total. The minimum atomic E-state index is 1.17. The summed E-state index contributed by atoms with van der Waals surface area (Å²) in [4.78, 5) is 0. The number of hydrogen-bond donors (Lipinski definition) is 0. The van der Waals surface area contributed by atoms with Gasteiger partial charge in [0.05, 0.1) is 0 Å². The monoisotopic (exact) mass is 220 g/mol. The fourth-order valence-electron chi connectivity index (χ4n) is 2.34. The van der Waals surface area contributed by atoms with E-state index in [1.807, 2.05) is 0 Å². The summed E-state index contributed by atoms with van der Waals surface area (Å²) in [5.74, 6) is 0. The molecule has 0 unspecified atom stereocenters. The van der Waals surface area contributed by atoms with E-state index in [9.17, 15) is 0 Å². The Kier molecular flexibility index (Phi) is 2.56. The number of fused-ring (bicyclic) bond motifs is 1. The van der Waals surface area contributed by atoms with Crippen LogP contribution in [0.2, 0.25) is 0 Å². The molecule has 0 amide bonds. The van der Waals surface area contributed by atoms with Gasteiger partial charge in [-0.05, 0) is 47.4 Å². The first kappa shape index (κ1) is 10.3. The van der Waals surface area contributed by atoms with Crippen LogP contribution >= 0.6 is 0 Å². The van der Waals surface area contributed by atoms with Crippen molar-refractivity contribution in [1.82, 2.24) is 0 Å². The molecule has 0 atom stereocenters. The molecule has 0 radical (unpaired) electrons. The second kappa shape index (κ2) is 4.21. The van der Waals surface area contributed by atoms with Gasteiger partial charge in [0.25, 0.3) is 0 Å². The van der Waals surface area contributed by atoms with Gasteiger partial charge in [-0.3, -0.25) is 0 Å². The molecular weight excluding hydrogens is 204 g/mol. The fraction of sp³-hybridized carbons (Fsp3) is 0.176. The van der Waals surface area contributed by atoms with Gasteiger partial charge in [0.1, 0.15) is 0 Å². The highest BCUT2D eigenvalue weighted by Crippen LogP contribution is 2.17. The smallest absolute Gasteiger partial charge is 0.0178 e. The van der Waals surface area contributed by atoms with E-state index in [1.54, 1.807) is 0 Å². The molecule has 0 nitrogen and oxygen atoms in total. The van der Waals surface area contributed by atoms with Crippen LogP contribution in [0.15, 0.2) is 42.5 Å². The van der Waals surface area contributed by atoms with Gasteiger partial charge in [-0.2, -0.15) is 0 Å². The van der Waals surface area contributed by atoms with E-state index in [0.29, 0.717) is 0 Å². The highest BCUT2D eigenvalue weighted by atomic mass is 14.0. The zero-order chi connectivity index (χ0) is 11.7. The van der Waals surface area contributed by atoms with Crippen molar-refractivity contribution in [3.05, 3.63) is 58.5 Å². The van der Waals surface area contributed by atoms with Crippen molar-refractivity contribution in [3.63, 3.8) is 0 Å². The summed E-state index contributed by atoms with van der Waals surface area (Å²) in [5.41, 5.74) is 3.93. The summed E-state index contributed by atoms with van der Waals surface area (Å²) in [6.07, 6.45) is 7.02. The number of aryl methyl sites for hydroxylation is 1. The third-order valence-corrected chi connectivity index (χ3v) is 3.37. The van der Waals surface area contributed by atoms with Gasteiger partial charge in [-0.15, -0.1) is 0 Å². The van der Waals surface area contributed by atoms with E-state index < -0.39 is 0 Å². The van der Waals surface area contributed by atoms with Crippen molar-refractivity contribution in [1.29, 1.82) is 0 Å². The molecule has 1 aliphatic carbocycles. The molecule has 2 aromatic rings. The first-order valence-corrected chi connectivity index (χ1v) is 6.20. The maximum Gasteiger partial charge on any atom is -0.0178 e. The van der Waals surface area contributed by atoms with E-state index in [0.717, 1.165) is 0 Å². The highest BCUT2D eigenvalue weighted by molar-refractivity contribution is 5.64. The van der Waals surface area contributed by atoms with Gasteiger partial charge >= 0.3 is 0 Å². The summed E-state index contributed by atoms with van der Waals surface area (Å²) < 4.78 is 0. The molecule has 0 heterocycles. The third kappa shape index (κ3) is 2.03. The Hall–Kier alpha value is -1.82. The van der Waals surface area contributed by atoms with Crippen LogP contribution in [0.3, 0.4) is 0 Å². The molecule has 0 fully saturated rings. The van der Waals surface area contributed by atoms with Gasteiger partial charge in [0.15, 0.2) is 0 Å². The lowest BCUT2D eigenvalue weighted by molar-refractivity contribution is 1.12. The van der Waals surface area contributed by atoms with Crippen molar-refractivity contribution in [2.45, 2.75) is 19.8 Å². The van der Waals surface area contributed by atoms with Gasteiger partial charge in [-0.25, -0.2) is 0 Å². The molecule has 3 rings (SSSR count). The molecule has 0 bridgehead atoms. The Morgan fingerprint density at radius 2 is 1.35 bits per heavy atom. The van der Waals surface area contributed by atoms with Crippen LogP contribution in [-0.4, -0.2) is 0 Å². The van der Waals surface area contributed by atoms with Gasteiger partial charge in [0, 0.05) is 0 Å². The summed E-state index contributed by atoms with van der Waals surface area (Å²) >= 11 is 0. The Balaban J connectivity index is 2.14. The molecule has 1 aliphatic rings. The molecule has 0 aliphatic heterocycles. The molecule has 17 heavy (non-hydrogen) atoms. The zero-order valence-electron chi connectivity index (χ0n) is 10.1. The minimum absolute atomic E-state index is 1.17. The standard InChI is InChI=1S/C17H16/c1-13-6-8-15(9-7-13)17-11-10-14-4-2-3-5-16(14)12-17/h4-12H,2-3H2,1H3. The van der Waals surface area contributed by atoms with Crippen LogP contribution < -0.4 is 10.4 Å². The van der Waals surface area contributed by atoms with Crippen molar-refractivity contribution < 1.29 is 0 Å². The normalized spacial score (nSPS) is 13.5. The van der Waals surface area contributed by atoms with Gasteiger partial charge in [0.2, 0.25) is 0 Å². The summed E-state index contributed by atoms with van der Waals surface area (Å²) in [7, 11) is 0. The van der Waals surface area contributed by atoms with Crippen molar-refractivity contribution in [2.75, 3.05) is 0 Å². The molecule has 0 saturated carbocycles. The van der Waals surface area contributed by atoms with Gasteiger partial charge < -0.3 is 0 Å². The molecule has 0 saturated heterocycles. The molecule has 84 valence electrons. The second-order valence-electron chi connectivity index (χ2n) is 4.70. The van der Waals surface area contributed by atoms with E-state index in [4.69, 9.17) is 0 Å².